The van der Waals surface area contributed by atoms with Gasteiger partial charge in [-0.2, -0.15) is 0 Å². The Labute approximate surface area is 101 Å². The maximum absolute atomic E-state index is 5.32. The van der Waals surface area contributed by atoms with Gasteiger partial charge in [-0.05, 0) is 25.1 Å². The first-order valence-corrected chi connectivity index (χ1v) is 5.70. The number of hydrogen-bond donors (Lipinski definition) is 2. The highest BCUT2D eigenvalue weighted by Crippen LogP contribution is 2.14. The summed E-state index contributed by atoms with van der Waals surface area (Å²) in [6, 6.07) is 8.16. The van der Waals surface area contributed by atoms with Gasteiger partial charge in [-0.3, -0.25) is 0 Å². The van der Waals surface area contributed by atoms with Gasteiger partial charge >= 0.3 is 0 Å². The van der Waals surface area contributed by atoms with Crippen LogP contribution in [-0.2, 0) is 6.42 Å². The Morgan fingerprint density at radius 2 is 2.29 bits per heavy atom. The summed E-state index contributed by atoms with van der Waals surface area (Å²) in [7, 11) is 1.86. The van der Waals surface area contributed by atoms with Crippen molar-refractivity contribution in [3.63, 3.8) is 0 Å². The van der Waals surface area contributed by atoms with Gasteiger partial charge in [0.25, 0.3) is 0 Å². The standard InChI is InChI=1S/C13H17N3O/c1-10(8-12-4-3-7-17-12)16-11-5-6-15-13(9-11)14-2/h3-7,9-10H,8H2,1-2H3,(H2,14,15,16). The largest absolute Gasteiger partial charge is 0.469 e. The van der Waals surface area contributed by atoms with Crippen LogP contribution >= 0.6 is 0 Å². The topological polar surface area (TPSA) is 50.1 Å². The first-order valence-electron chi connectivity index (χ1n) is 5.70. The third-order valence-electron chi connectivity index (χ3n) is 2.52. The van der Waals surface area contributed by atoms with E-state index in [1.165, 1.54) is 0 Å². The zero-order chi connectivity index (χ0) is 12.1. The molecule has 1 atom stereocenters. The van der Waals surface area contributed by atoms with E-state index < -0.39 is 0 Å². The minimum atomic E-state index is 0.313. The lowest BCUT2D eigenvalue weighted by molar-refractivity contribution is 0.498. The fraction of sp³-hybridized carbons (Fsp3) is 0.308. The van der Waals surface area contributed by atoms with E-state index >= 15 is 0 Å². The van der Waals surface area contributed by atoms with Gasteiger partial charge in [-0.15, -0.1) is 0 Å². The van der Waals surface area contributed by atoms with Crippen LogP contribution in [0.1, 0.15) is 12.7 Å². The van der Waals surface area contributed by atoms with Crippen molar-refractivity contribution in [2.75, 3.05) is 17.7 Å². The minimum absolute atomic E-state index is 0.313. The van der Waals surface area contributed by atoms with E-state index in [4.69, 9.17) is 4.42 Å². The molecule has 90 valence electrons. The summed E-state index contributed by atoms with van der Waals surface area (Å²) < 4.78 is 5.32. The van der Waals surface area contributed by atoms with Gasteiger partial charge in [0.2, 0.25) is 0 Å². The quantitative estimate of drug-likeness (QED) is 0.830. The Bertz CT molecular complexity index is 453. The van der Waals surface area contributed by atoms with E-state index in [2.05, 4.69) is 22.5 Å². The van der Waals surface area contributed by atoms with E-state index in [9.17, 15) is 0 Å². The van der Waals surface area contributed by atoms with Gasteiger partial charge < -0.3 is 15.1 Å². The first kappa shape index (κ1) is 11.5. The molecule has 0 aliphatic rings. The number of aromatic nitrogens is 1. The van der Waals surface area contributed by atoms with Crippen LogP contribution in [-0.4, -0.2) is 18.1 Å². The van der Waals surface area contributed by atoms with Crippen molar-refractivity contribution >= 4 is 11.5 Å². The highest BCUT2D eigenvalue weighted by Gasteiger charge is 2.05. The van der Waals surface area contributed by atoms with Crippen molar-refractivity contribution in [1.29, 1.82) is 0 Å². The molecule has 0 amide bonds. The molecule has 0 radical (unpaired) electrons. The molecule has 0 aliphatic carbocycles. The number of rotatable bonds is 5. The van der Waals surface area contributed by atoms with E-state index in [1.807, 2.05) is 31.3 Å². The van der Waals surface area contributed by atoms with Crippen LogP contribution in [0.2, 0.25) is 0 Å². The van der Waals surface area contributed by atoms with Gasteiger partial charge in [0.1, 0.15) is 11.6 Å². The van der Waals surface area contributed by atoms with E-state index in [-0.39, 0.29) is 0 Å². The number of nitrogens with one attached hydrogen (secondary N) is 2. The monoisotopic (exact) mass is 231 g/mol. The normalized spacial score (nSPS) is 12.1. The third-order valence-corrected chi connectivity index (χ3v) is 2.52. The maximum atomic E-state index is 5.32. The lowest BCUT2D eigenvalue weighted by Gasteiger charge is -2.14. The Balaban J connectivity index is 1.95. The summed E-state index contributed by atoms with van der Waals surface area (Å²) in [6.45, 7) is 2.13. The van der Waals surface area contributed by atoms with Crippen molar-refractivity contribution < 1.29 is 4.42 Å². The van der Waals surface area contributed by atoms with E-state index in [0.717, 1.165) is 23.7 Å². The summed E-state index contributed by atoms with van der Waals surface area (Å²) in [4.78, 5) is 4.17. The Hall–Kier alpha value is -1.97. The van der Waals surface area contributed by atoms with Gasteiger partial charge in [0.15, 0.2) is 0 Å². The summed E-state index contributed by atoms with van der Waals surface area (Å²) in [5, 5.41) is 6.43. The zero-order valence-corrected chi connectivity index (χ0v) is 10.1. The van der Waals surface area contributed by atoms with Gasteiger partial charge in [-0.25, -0.2) is 4.98 Å². The first-order chi connectivity index (χ1) is 8.28. The van der Waals surface area contributed by atoms with E-state index in [0.29, 0.717) is 6.04 Å². The minimum Gasteiger partial charge on any atom is -0.469 e. The molecule has 0 aromatic carbocycles. The molecule has 1 unspecified atom stereocenters. The lowest BCUT2D eigenvalue weighted by atomic mass is 10.2. The summed E-state index contributed by atoms with van der Waals surface area (Å²) in [5.41, 5.74) is 1.06. The van der Waals surface area contributed by atoms with Crippen LogP contribution in [0, 0.1) is 0 Å². The molecule has 0 aliphatic heterocycles. The predicted molar refractivity (Wildman–Crippen MR) is 69.3 cm³/mol. The van der Waals surface area contributed by atoms with Crippen molar-refractivity contribution in [1.82, 2.24) is 4.98 Å². The Morgan fingerprint density at radius 3 is 3.00 bits per heavy atom. The molecule has 2 aromatic heterocycles. The summed E-state index contributed by atoms with van der Waals surface area (Å²) >= 11 is 0. The molecular formula is C13H17N3O. The van der Waals surface area contributed by atoms with Crippen LogP contribution < -0.4 is 10.6 Å². The molecule has 2 N–H and O–H groups in total. The highest BCUT2D eigenvalue weighted by molar-refractivity contribution is 5.52. The van der Waals surface area contributed by atoms with Crippen molar-refractivity contribution in [2.24, 2.45) is 0 Å². The Kier molecular flexibility index (Phi) is 3.65. The smallest absolute Gasteiger partial charge is 0.127 e. The summed E-state index contributed by atoms with van der Waals surface area (Å²) in [5.74, 6) is 1.85. The Morgan fingerprint density at radius 1 is 1.41 bits per heavy atom. The molecule has 2 aromatic rings. The molecule has 2 heterocycles. The molecule has 4 heteroatoms. The van der Waals surface area contributed by atoms with Gasteiger partial charge in [0, 0.05) is 37.5 Å². The van der Waals surface area contributed by atoms with Crippen LogP contribution in [0.15, 0.2) is 41.1 Å². The molecule has 17 heavy (non-hydrogen) atoms. The van der Waals surface area contributed by atoms with Crippen molar-refractivity contribution in [3.05, 3.63) is 42.5 Å². The molecule has 0 spiro atoms. The fourth-order valence-electron chi connectivity index (χ4n) is 1.72. The predicted octanol–water partition coefficient (Wildman–Crippen LogP) is 2.76. The maximum Gasteiger partial charge on any atom is 0.127 e. The fourth-order valence-corrected chi connectivity index (χ4v) is 1.72. The van der Waals surface area contributed by atoms with Crippen LogP contribution in [0.5, 0.6) is 0 Å². The zero-order valence-electron chi connectivity index (χ0n) is 10.1. The summed E-state index contributed by atoms with van der Waals surface area (Å²) in [6.07, 6.45) is 4.35. The van der Waals surface area contributed by atoms with Crippen molar-refractivity contribution in [3.8, 4) is 0 Å². The van der Waals surface area contributed by atoms with Gasteiger partial charge in [0.05, 0.1) is 6.26 Å². The molecule has 4 nitrogen and oxygen atoms in total. The molecule has 0 bridgehead atoms. The second-order valence-corrected chi connectivity index (χ2v) is 4.01. The average molecular weight is 231 g/mol. The molecular weight excluding hydrogens is 214 g/mol. The average Bonchev–Trinajstić information content (AvgIpc) is 2.82. The SMILES string of the molecule is CNc1cc(NC(C)Cc2ccco2)ccn1. The molecule has 0 saturated heterocycles. The number of pyridine rings is 1. The van der Waals surface area contributed by atoms with Gasteiger partial charge in [-0.1, -0.05) is 0 Å². The van der Waals surface area contributed by atoms with Crippen LogP contribution in [0.25, 0.3) is 0 Å². The van der Waals surface area contributed by atoms with E-state index in [1.54, 1.807) is 12.5 Å². The number of hydrogen-bond acceptors (Lipinski definition) is 4. The number of anilines is 2. The third kappa shape index (κ3) is 3.24. The van der Waals surface area contributed by atoms with Crippen molar-refractivity contribution in [2.45, 2.75) is 19.4 Å². The highest BCUT2D eigenvalue weighted by atomic mass is 16.3. The molecule has 0 saturated carbocycles. The number of furan rings is 1. The van der Waals surface area contributed by atoms with Crippen LogP contribution in [0.4, 0.5) is 11.5 Å². The number of nitrogens with zero attached hydrogens (tertiary/aromatic N) is 1. The second kappa shape index (κ2) is 5.39. The van der Waals surface area contributed by atoms with Crippen LogP contribution in [0.3, 0.4) is 0 Å². The molecule has 2 rings (SSSR count). The lowest BCUT2D eigenvalue weighted by Crippen LogP contribution is -2.17. The second-order valence-electron chi connectivity index (χ2n) is 4.01. The molecule has 0 fully saturated rings.